The lowest BCUT2D eigenvalue weighted by atomic mass is 10.3. The SMILES string of the molecule is CCOCCCOc1cc(F)c(S(N)(=O)=O)cc1Br. The standard InChI is InChI=1S/C11H15BrFNO4S/c1-2-17-4-3-5-18-10-7-9(13)11(6-8(10)12)19(14,15)16/h6-7H,2-5H2,1H3,(H2,14,15,16). The molecule has 0 saturated carbocycles. The molecule has 0 atom stereocenters. The fraction of sp³-hybridized carbons (Fsp3) is 0.455. The van der Waals surface area contributed by atoms with Gasteiger partial charge in [-0.05, 0) is 28.9 Å². The van der Waals surface area contributed by atoms with Gasteiger partial charge in [-0.15, -0.1) is 0 Å². The van der Waals surface area contributed by atoms with Gasteiger partial charge in [-0.1, -0.05) is 0 Å². The number of ether oxygens (including phenoxy) is 2. The maximum atomic E-state index is 13.6. The second-order valence-electron chi connectivity index (χ2n) is 3.66. The van der Waals surface area contributed by atoms with Gasteiger partial charge in [0.2, 0.25) is 10.0 Å². The van der Waals surface area contributed by atoms with Gasteiger partial charge in [-0.25, -0.2) is 17.9 Å². The molecule has 0 aliphatic heterocycles. The van der Waals surface area contributed by atoms with Gasteiger partial charge in [0.25, 0.3) is 0 Å². The van der Waals surface area contributed by atoms with Crippen LogP contribution in [0.2, 0.25) is 0 Å². The summed E-state index contributed by atoms with van der Waals surface area (Å²) in [6.45, 7) is 3.40. The van der Waals surface area contributed by atoms with Crippen molar-refractivity contribution in [3.05, 3.63) is 22.4 Å². The van der Waals surface area contributed by atoms with Crippen LogP contribution in [0, 0.1) is 5.82 Å². The van der Waals surface area contributed by atoms with E-state index in [0.717, 1.165) is 12.1 Å². The van der Waals surface area contributed by atoms with E-state index in [1.165, 1.54) is 0 Å². The van der Waals surface area contributed by atoms with Crippen LogP contribution in [0.25, 0.3) is 0 Å². The van der Waals surface area contributed by atoms with Crippen LogP contribution in [-0.4, -0.2) is 28.2 Å². The molecule has 0 heterocycles. The lowest BCUT2D eigenvalue weighted by Crippen LogP contribution is -2.14. The number of sulfonamides is 1. The number of hydrogen-bond donors (Lipinski definition) is 1. The first-order valence-corrected chi connectivity index (χ1v) is 7.92. The van der Waals surface area contributed by atoms with E-state index in [2.05, 4.69) is 15.9 Å². The van der Waals surface area contributed by atoms with E-state index >= 15 is 0 Å². The summed E-state index contributed by atoms with van der Waals surface area (Å²) in [5.41, 5.74) is 0. The maximum absolute atomic E-state index is 13.6. The number of primary sulfonamides is 1. The zero-order valence-electron chi connectivity index (χ0n) is 10.4. The number of nitrogens with two attached hydrogens (primary N) is 1. The summed E-state index contributed by atoms with van der Waals surface area (Å²) in [5.74, 6) is -0.716. The van der Waals surface area contributed by atoms with Crippen molar-refractivity contribution in [2.75, 3.05) is 19.8 Å². The van der Waals surface area contributed by atoms with E-state index in [0.29, 0.717) is 30.7 Å². The van der Waals surface area contributed by atoms with Crippen LogP contribution in [0.4, 0.5) is 4.39 Å². The Labute approximate surface area is 120 Å². The summed E-state index contributed by atoms with van der Waals surface area (Å²) < 4.78 is 46.6. The fourth-order valence-corrected chi connectivity index (χ4v) is 2.55. The third-order valence-corrected chi connectivity index (χ3v) is 3.73. The van der Waals surface area contributed by atoms with Crippen LogP contribution < -0.4 is 9.88 Å². The molecule has 1 aromatic rings. The molecule has 108 valence electrons. The van der Waals surface area contributed by atoms with Gasteiger partial charge >= 0.3 is 0 Å². The molecule has 8 heteroatoms. The topological polar surface area (TPSA) is 78.6 Å². The van der Waals surface area contributed by atoms with E-state index in [-0.39, 0.29) is 5.75 Å². The van der Waals surface area contributed by atoms with Gasteiger partial charge in [-0.3, -0.25) is 0 Å². The zero-order chi connectivity index (χ0) is 14.5. The highest BCUT2D eigenvalue weighted by molar-refractivity contribution is 9.10. The highest BCUT2D eigenvalue weighted by Crippen LogP contribution is 2.29. The van der Waals surface area contributed by atoms with Crippen molar-refractivity contribution in [1.82, 2.24) is 0 Å². The molecule has 0 fully saturated rings. The van der Waals surface area contributed by atoms with Crippen LogP contribution in [-0.2, 0) is 14.8 Å². The lowest BCUT2D eigenvalue weighted by Gasteiger charge is -2.10. The summed E-state index contributed by atoms with van der Waals surface area (Å²) in [7, 11) is -4.09. The first kappa shape index (κ1) is 16.4. The van der Waals surface area contributed by atoms with Crippen molar-refractivity contribution in [2.45, 2.75) is 18.2 Å². The van der Waals surface area contributed by atoms with Gasteiger partial charge in [0.1, 0.15) is 16.5 Å². The van der Waals surface area contributed by atoms with E-state index in [1.807, 2.05) is 6.92 Å². The average molecular weight is 356 g/mol. The van der Waals surface area contributed by atoms with Crippen LogP contribution in [0.1, 0.15) is 13.3 Å². The predicted octanol–water partition coefficient (Wildman–Crippen LogP) is 2.04. The van der Waals surface area contributed by atoms with Gasteiger partial charge in [0.15, 0.2) is 0 Å². The minimum absolute atomic E-state index is 0.224. The normalized spacial score (nSPS) is 11.6. The Morgan fingerprint density at radius 3 is 2.63 bits per heavy atom. The largest absolute Gasteiger partial charge is 0.492 e. The van der Waals surface area contributed by atoms with Crippen molar-refractivity contribution >= 4 is 26.0 Å². The molecule has 2 N–H and O–H groups in total. The molecular weight excluding hydrogens is 341 g/mol. The highest BCUT2D eigenvalue weighted by atomic mass is 79.9. The maximum Gasteiger partial charge on any atom is 0.241 e. The molecule has 19 heavy (non-hydrogen) atoms. The number of hydrogen-bond acceptors (Lipinski definition) is 4. The first-order chi connectivity index (χ1) is 8.86. The quantitative estimate of drug-likeness (QED) is 0.759. The van der Waals surface area contributed by atoms with Crippen molar-refractivity contribution in [3.63, 3.8) is 0 Å². The van der Waals surface area contributed by atoms with E-state index in [1.54, 1.807) is 0 Å². The van der Waals surface area contributed by atoms with Gasteiger partial charge in [0.05, 0.1) is 11.1 Å². The molecule has 1 rings (SSSR count). The smallest absolute Gasteiger partial charge is 0.241 e. The van der Waals surface area contributed by atoms with E-state index in [4.69, 9.17) is 14.6 Å². The molecule has 1 aromatic carbocycles. The Bertz CT molecular complexity index is 536. The second kappa shape index (κ2) is 7.18. The van der Waals surface area contributed by atoms with Crippen LogP contribution in [0.15, 0.2) is 21.5 Å². The molecule has 0 aliphatic carbocycles. The number of benzene rings is 1. The Hall–Kier alpha value is -0.700. The summed E-state index contributed by atoms with van der Waals surface area (Å²) in [6, 6.07) is 2.08. The summed E-state index contributed by atoms with van der Waals surface area (Å²) in [6.07, 6.45) is 0.652. The van der Waals surface area contributed by atoms with Gasteiger partial charge in [-0.2, -0.15) is 0 Å². The van der Waals surface area contributed by atoms with Crippen LogP contribution >= 0.6 is 15.9 Å². The molecule has 0 aliphatic rings. The molecule has 0 amide bonds. The van der Waals surface area contributed by atoms with E-state index in [9.17, 15) is 12.8 Å². The van der Waals surface area contributed by atoms with Crippen molar-refractivity contribution in [2.24, 2.45) is 5.14 Å². The monoisotopic (exact) mass is 355 g/mol. The molecule has 0 radical (unpaired) electrons. The van der Waals surface area contributed by atoms with Crippen molar-refractivity contribution in [3.8, 4) is 5.75 Å². The summed E-state index contributed by atoms with van der Waals surface area (Å²) in [5, 5.41) is 4.89. The van der Waals surface area contributed by atoms with Crippen molar-refractivity contribution < 1.29 is 22.3 Å². The predicted molar refractivity (Wildman–Crippen MR) is 72.1 cm³/mol. The Morgan fingerprint density at radius 2 is 2.05 bits per heavy atom. The molecule has 0 aromatic heterocycles. The van der Waals surface area contributed by atoms with Gasteiger partial charge in [0, 0.05) is 25.7 Å². The first-order valence-electron chi connectivity index (χ1n) is 5.58. The van der Waals surface area contributed by atoms with Gasteiger partial charge < -0.3 is 9.47 Å². The highest BCUT2D eigenvalue weighted by Gasteiger charge is 2.17. The van der Waals surface area contributed by atoms with Crippen molar-refractivity contribution in [1.29, 1.82) is 0 Å². The molecular formula is C11H15BrFNO4S. The Balaban J connectivity index is 2.74. The third-order valence-electron chi connectivity index (χ3n) is 2.19. The van der Waals surface area contributed by atoms with E-state index < -0.39 is 20.7 Å². The molecule has 5 nitrogen and oxygen atoms in total. The molecule has 0 unspecified atom stereocenters. The van der Waals surface area contributed by atoms with Crippen LogP contribution in [0.3, 0.4) is 0 Å². The minimum atomic E-state index is -4.09. The zero-order valence-corrected chi connectivity index (χ0v) is 12.8. The fourth-order valence-electron chi connectivity index (χ4n) is 1.33. The lowest BCUT2D eigenvalue weighted by molar-refractivity contribution is 0.130. The number of rotatable bonds is 7. The van der Waals surface area contributed by atoms with Crippen LogP contribution in [0.5, 0.6) is 5.75 Å². The second-order valence-corrected chi connectivity index (χ2v) is 6.04. The Morgan fingerprint density at radius 1 is 1.37 bits per heavy atom. The number of halogens is 2. The molecule has 0 saturated heterocycles. The molecule has 0 spiro atoms. The summed E-state index contributed by atoms with van der Waals surface area (Å²) >= 11 is 3.11. The summed E-state index contributed by atoms with van der Waals surface area (Å²) in [4.78, 5) is -0.568. The third kappa shape index (κ3) is 5.06. The Kier molecular flexibility index (Phi) is 6.18. The molecule has 0 bridgehead atoms. The minimum Gasteiger partial charge on any atom is -0.492 e. The average Bonchev–Trinajstić information content (AvgIpc) is 2.31.